The molecule has 0 aromatic carbocycles. The summed E-state index contributed by atoms with van der Waals surface area (Å²) in [6.45, 7) is 4.09. The Labute approximate surface area is 283 Å². The monoisotopic (exact) mass is 673 g/mol. The first-order valence-corrected chi connectivity index (χ1v) is 20.5. The number of unbranched alkanes of at least 4 members (excludes halogenated alkanes) is 21. The second-order valence-corrected chi connectivity index (χ2v) is 14.2. The van der Waals surface area contributed by atoms with Crippen LogP contribution < -0.4 is 11.1 Å². The Bertz CT molecular complexity index is 779. The molecule has 0 fully saturated rings. The normalized spacial score (nSPS) is 14.6. The fourth-order valence-corrected chi connectivity index (χ4v) is 6.14. The molecule has 0 radical (unpaired) electrons. The molecule has 5 N–H and O–H groups in total. The molecule has 0 spiro atoms. The van der Waals surface area contributed by atoms with Gasteiger partial charge >= 0.3 is 7.82 Å². The zero-order chi connectivity index (χ0) is 34.0. The molecule has 0 saturated heterocycles. The number of hydrogen-bond donors (Lipinski definition) is 4. The smallest absolute Gasteiger partial charge is 0.387 e. The van der Waals surface area contributed by atoms with Crippen LogP contribution in [0.4, 0.5) is 0 Å². The van der Waals surface area contributed by atoms with Crippen LogP contribution in [0.25, 0.3) is 0 Å². The van der Waals surface area contributed by atoms with E-state index in [0.29, 0.717) is 6.42 Å². The van der Waals surface area contributed by atoms with Crippen LogP contribution in [0.5, 0.6) is 0 Å². The molecule has 0 aliphatic heterocycles. The maximum absolute atomic E-state index is 12.6. The maximum Gasteiger partial charge on any atom is 0.472 e. The highest BCUT2D eigenvalue weighted by molar-refractivity contribution is 7.47. The van der Waals surface area contributed by atoms with Crippen molar-refractivity contribution < 1.29 is 28.4 Å². The summed E-state index contributed by atoms with van der Waals surface area (Å²) in [4.78, 5) is 22.5. The summed E-state index contributed by atoms with van der Waals surface area (Å²) < 4.78 is 22.0. The number of aliphatic hydroxyl groups is 1. The van der Waals surface area contributed by atoms with Crippen LogP contribution >= 0.6 is 7.82 Å². The van der Waals surface area contributed by atoms with Crippen molar-refractivity contribution in [2.45, 2.75) is 187 Å². The number of nitrogens with two attached hydrogens (primary N) is 1. The summed E-state index contributed by atoms with van der Waals surface area (Å²) in [6, 6.07) is -0.870. The molecular weight excluding hydrogens is 599 g/mol. The number of amides is 1. The summed E-state index contributed by atoms with van der Waals surface area (Å²) in [7, 11) is -4.33. The number of hydrogen-bond acceptors (Lipinski definition) is 6. The fraction of sp³-hybridized carbons (Fsp3) is 0.865. The van der Waals surface area contributed by atoms with Gasteiger partial charge in [0.25, 0.3) is 0 Å². The number of allylic oxidation sites excluding steroid dienone is 3. The van der Waals surface area contributed by atoms with Crippen LogP contribution in [0.1, 0.15) is 174 Å². The average molecular weight is 673 g/mol. The van der Waals surface area contributed by atoms with Crippen molar-refractivity contribution in [2.75, 3.05) is 19.8 Å². The van der Waals surface area contributed by atoms with Gasteiger partial charge in [-0.2, -0.15) is 0 Å². The SMILES string of the molecule is CCCCCCCCCCCCC/C=C/CC/C=C/C(O)C(COP(=O)(O)OCCN)NC(=O)CCCCCCCCCCCC. The molecule has 0 heterocycles. The van der Waals surface area contributed by atoms with Crippen molar-refractivity contribution in [3.8, 4) is 0 Å². The molecule has 3 unspecified atom stereocenters. The molecule has 46 heavy (non-hydrogen) atoms. The molecule has 9 heteroatoms. The van der Waals surface area contributed by atoms with Crippen molar-refractivity contribution in [1.29, 1.82) is 0 Å². The Morgan fingerprint density at radius 1 is 0.696 bits per heavy atom. The number of rotatable bonds is 35. The Hall–Kier alpha value is -1.02. The summed E-state index contributed by atoms with van der Waals surface area (Å²) in [5.74, 6) is -0.207. The van der Waals surface area contributed by atoms with Crippen LogP contribution in [0.15, 0.2) is 24.3 Å². The lowest BCUT2D eigenvalue weighted by molar-refractivity contribution is -0.123. The minimum absolute atomic E-state index is 0.0754. The van der Waals surface area contributed by atoms with E-state index in [1.165, 1.54) is 116 Å². The van der Waals surface area contributed by atoms with Gasteiger partial charge in [-0.25, -0.2) is 4.57 Å². The largest absolute Gasteiger partial charge is 0.472 e. The number of aliphatic hydroxyl groups excluding tert-OH is 1. The lowest BCUT2D eigenvalue weighted by atomic mass is 10.1. The first-order chi connectivity index (χ1) is 22.4. The van der Waals surface area contributed by atoms with Crippen LogP contribution in [-0.4, -0.2) is 47.8 Å². The molecule has 0 aromatic heterocycles. The molecule has 3 atom stereocenters. The third-order valence-electron chi connectivity index (χ3n) is 8.28. The van der Waals surface area contributed by atoms with Gasteiger partial charge in [0.15, 0.2) is 0 Å². The van der Waals surface area contributed by atoms with Gasteiger partial charge in [0.1, 0.15) is 0 Å². The standard InChI is InChI=1S/C37H73N2O6P/c1-3-5-7-9-11-13-15-16-17-18-19-20-21-22-24-26-28-30-36(40)35(34-45-46(42,43)44-33-32-38)39-37(41)31-29-27-25-23-14-12-10-8-6-4-2/h21-22,28,30,35-36,40H,3-20,23-27,29,31-34,38H2,1-2H3,(H,39,41)(H,42,43)/b22-21+,30-28+. The maximum atomic E-state index is 12.6. The Morgan fingerprint density at radius 3 is 1.67 bits per heavy atom. The van der Waals surface area contributed by atoms with E-state index in [4.69, 9.17) is 14.8 Å². The van der Waals surface area contributed by atoms with Gasteiger partial charge in [0, 0.05) is 13.0 Å². The van der Waals surface area contributed by atoms with E-state index in [1.807, 2.05) is 6.08 Å². The predicted octanol–water partition coefficient (Wildman–Crippen LogP) is 9.83. The summed E-state index contributed by atoms with van der Waals surface area (Å²) in [6.07, 6.45) is 36.6. The van der Waals surface area contributed by atoms with Gasteiger partial charge in [-0.1, -0.05) is 160 Å². The van der Waals surface area contributed by atoms with E-state index in [9.17, 15) is 19.4 Å². The van der Waals surface area contributed by atoms with Gasteiger partial charge in [-0.3, -0.25) is 13.8 Å². The first-order valence-electron chi connectivity index (χ1n) is 19.0. The molecule has 0 saturated carbocycles. The van der Waals surface area contributed by atoms with Crippen molar-refractivity contribution in [2.24, 2.45) is 5.73 Å². The zero-order valence-corrected chi connectivity index (χ0v) is 30.7. The molecule has 0 aliphatic carbocycles. The van der Waals surface area contributed by atoms with Crippen LogP contribution in [0.3, 0.4) is 0 Å². The van der Waals surface area contributed by atoms with E-state index in [2.05, 4.69) is 31.3 Å². The van der Waals surface area contributed by atoms with Gasteiger partial charge in [-0.05, 0) is 32.1 Å². The average Bonchev–Trinajstić information content (AvgIpc) is 3.04. The highest BCUT2D eigenvalue weighted by Gasteiger charge is 2.26. The highest BCUT2D eigenvalue weighted by Crippen LogP contribution is 2.43. The summed E-state index contributed by atoms with van der Waals surface area (Å²) in [5, 5.41) is 13.6. The van der Waals surface area contributed by atoms with Crippen molar-refractivity contribution in [3.63, 3.8) is 0 Å². The van der Waals surface area contributed by atoms with Gasteiger partial charge in [0.2, 0.25) is 5.91 Å². The second-order valence-electron chi connectivity index (χ2n) is 12.8. The molecule has 0 aromatic rings. The fourth-order valence-electron chi connectivity index (χ4n) is 5.38. The number of carbonyl (C=O) groups is 1. The number of phosphoric acid groups is 1. The zero-order valence-electron chi connectivity index (χ0n) is 29.8. The van der Waals surface area contributed by atoms with E-state index >= 15 is 0 Å². The topological polar surface area (TPSA) is 131 Å². The van der Waals surface area contributed by atoms with Crippen molar-refractivity contribution in [1.82, 2.24) is 5.32 Å². The molecular formula is C37H73N2O6P. The van der Waals surface area contributed by atoms with Crippen LogP contribution in [0.2, 0.25) is 0 Å². The molecule has 272 valence electrons. The summed E-state index contributed by atoms with van der Waals surface area (Å²) in [5.41, 5.74) is 5.35. The molecule has 0 bridgehead atoms. The molecule has 8 nitrogen and oxygen atoms in total. The number of phosphoric ester groups is 1. The lowest BCUT2D eigenvalue weighted by Gasteiger charge is -2.23. The number of nitrogens with one attached hydrogen (secondary N) is 1. The number of carbonyl (C=O) groups excluding carboxylic acids is 1. The minimum atomic E-state index is -4.33. The molecule has 1 amide bonds. The van der Waals surface area contributed by atoms with Gasteiger partial charge in [0.05, 0.1) is 25.4 Å². The third kappa shape index (κ3) is 31.6. The third-order valence-corrected chi connectivity index (χ3v) is 9.26. The van der Waals surface area contributed by atoms with E-state index < -0.39 is 20.0 Å². The highest BCUT2D eigenvalue weighted by atomic mass is 31.2. The van der Waals surface area contributed by atoms with Crippen molar-refractivity contribution >= 4 is 13.7 Å². The lowest BCUT2D eigenvalue weighted by Crippen LogP contribution is -2.45. The van der Waals surface area contributed by atoms with Crippen LogP contribution in [0, 0.1) is 0 Å². The van der Waals surface area contributed by atoms with Gasteiger partial charge < -0.3 is 21.1 Å². The Balaban J connectivity index is 4.34. The minimum Gasteiger partial charge on any atom is -0.387 e. The van der Waals surface area contributed by atoms with Crippen molar-refractivity contribution in [3.05, 3.63) is 24.3 Å². The quantitative estimate of drug-likeness (QED) is 0.0299. The summed E-state index contributed by atoms with van der Waals surface area (Å²) >= 11 is 0. The van der Waals surface area contributed by atoms with E-state index in [1.54, 1.807) is 6.08 Å². The Kier molecular flexibility index (Phi) is 33.1. The van der Waals surface area contributed by atoms with Crippen LogP contribution in [-0.2, 0) is 18.4 Å². The van der Waals surface area contributed by atoms with Gasteiger partial charge in [-0.15, -0.1) is 0 Å². The molecule has 0 aliphatic rings. The predicted molar refractivity (Wildman–Crippen MR) is 194 cm³/mol. The second kappa shape index (κ2) is 33.9. The van der Waals surface area contributed by atoms with E-state index in [0.717, 1.165) is 38.5 Å². The Morgan fingerprint density at radius 2 is 1.15 bits per heavy atom. The first kappa shape index (κ1) is 45.0. The van der Waals surface area contributed by atoms with E-state index in [-0.39, 0.29) is 25.7 Å². The molecule has 0 rings (SSSR count).